The average Bonchev–Trinajstić information content (AvgIpc) is 2.42. The molecule has 100 valence electrons. The van der Waals surface area contributed by atoms with Crippen LogP contribution in [0.1, 0.15) is 18.4 Å². The van der Waals surface area contributed by atoms with Crippen LogP contribution in [0.5, 0.6) is 0 Å². The van der Waals surface area contributed by atoms with E-state index >= 15 is 0 Å². The van der Waals surface area contributed by atoms with Gasteiger partial charge in [-0.25, -0.2) is 9.59 Å². The fourth-order valence-electron chi connectivity index (χ4n) is 1.37. The van der Waals surface area contributed by atoms with Gasteiger partial charge in [0.25, 0.3) is 0 Å². The predicted molar refractivity (Wildman–Crippen MR) is 65.0 cm³/mol. The van der Waals surface area contributed by atoms with Crippen LogP contribution < -0.4 is 0 Å². The van der Waals surface area contributed by atoms with Crippen LogP contribution in [-0.2, 0) is 25.7 Å². The molecule has 0 radical (unpaired) electrons. The lowest BCUT2D eigenvalue weighted by atomic mass is 10.1. The largest absolute Gasteiger partial charge is 0.480 e. The molecule has 0 heterocycles. The first-order valence-electron chi connectivity index (χ1n) is 5.63. The fraction of sp³-hybridized carbons (Fsp3) is 0.308. The van der Waals surface area contributed by atoms with E-state index in [1.165, 1.54) is 6.08 Å². The fourth-order valence-corrected chi connectivity index (χ4v) is 1.37. The highest BCUT2D eigenvalue weighted by Gasteiger charge is 2.18. The number of carboxylic acid groups (broad SMARTS) is 1. The summed E-state index contributed by atoms with van der Waals surface area (Å²) in [6.07, 6.45) is 0.972. The number of ether oxygens (including phenoxy) is 1. The number of isocyanates is 1. The lowest BCUT2D eigenvalue weighted by Crippen LogP contribution is -2.19. The molecule has 0 saturated carbocycles. The van der Waals surface area contributed by atoms with Gasteiger partial charge in [-0.1, -0.05) is 30.3 Å². The molecule has 19 heavy (non-hydrogen) atoms. The lowest BCUT2D eigenvalue weighted by molar-refractivity contribution is -0.145. The van der Waals surface area contributed by atoms with Gasteiger partial charge in [-0.2, -0.15) is 4.99 Å². The number of rotatable bonds is 7. The molecular weight excluding hydrogens is 250 g/mol. The van der Waals surface area contributed by atoms with Crippen molar-refractivity contribution in [3.05, 3.63) is 35.9 Å². The molecule has 0 fully saturated rings. The van der Waals surface area contributed by atoms with Crippen molar-refractivity contribution >= 4 is 18.0 Å². The van der Waals surface area contributed by atoms with Gasteiger partial charge in [0.1, 0.15) is 6.61 Å². The van der Waals surface area contributed by atoms with E-state index in [4.69, 9.17) is 9.84 Å². The van der Waals surface area contributed by atoms with Crippen LogP contribution >= 0.6 is 0 Å². The van der Waals surface area contributed by atoms with Crippen LogP contribution in [0.25, 0.3) is 0 Å². The van der Waals surface area contributed by atoms with Gasteiger partial charge in [0.2, 0.25) is 6.08 Å². The first-order chi connectivity index (χ1) is 9.13. The van der Waals surface area contributed by atoms with Crippen molar-refractivity contribution in [3.63, 3.8) is 0 Å². The van der Waals surface area contributed by atoms with E-state index in [9.17, 15) is 14.4 Å². The summed E-state index contributed by atoms with van der Waals surface area (Å²) in [6.45, 7) is 0.133. The number of benzene rings is 1. The first-order valence-corrected chi connectivity index (χ1v) is 5.63. The highest BCUT2D eigenvalue weighted by Crippen LogP contribution is 2.06. The Kier molecular flexibility index (Phi) is 5.98. The van der Waals surface area contributed by atoms with Gasteiger partial charge in [-0.05, 0) is 12.0 Å². The van der Waals surface area contributed by atoms with Crippen LogP contribution in [-0.4, -0.2) is 29.2 Å². The minimum absolute atomic E-state index is 0.0851. The number of carboxylic acids is 1. The molecule has 1 atom stereocenters. The highest BCUT2D eigenvalue weighted by molar-refractivity contribution is 5.76. The third-order valence-corrected chi connectivity index (χ3v) is 2.36. The zero-order valence-electron chi connectivity index (χ0n) is 10.1. The number of aliphatic imine (C=N–C) groups is 1. The van der Waals surface area contributed by atoms with E-state index in [0.29, 0.717) is 0 Å². The Labute approximate surface area is 109 Å². The number of hydrogen-bond donors (Lipinski definition) is 1. The van der Waals surface area contributed by atoms with Gasteiger partial charge in [-0.3, -0.25) is 4.79 Å². The van der Waals surface area contributed by atoms with Crippen LogP contribution in [0.2, 0.25) is 0 Å². The van der Waals surface area contributed by atoms with Crippen molar-refractivity contribution in [2.75, 3.05) is 0 Å². The van der Waals surface area contributed by atoms with Gasteiger partial charge in [0.05, 0.1) is 0 Å². The van der Waals surface area contributed by atoms with Crippen molar-refractivity contribution < 1.29 is 24.2 Å². The molecule has 1 N–H and O–H groups in total. The summed E-state index contributed by atoms with van der Waals surface area (Å²) in [5.41, 5.74) is 0.844. The normalized spacial score (nSPS) is 11.2. The monoisotopic (exact) mass is 263 g/mol. The molecule has 0 spiro atoms. The topological polar surface area (TPSA) is 93.0 Å². The molecular formula is C13H13NO5. The molecule has 0 aromatic heterocycles. The van der Waals surface area contributed by atoms with E-state index in [-0.39, 0.29) is 19.4 Å². The van der Waals surface area contributed by atoms with Crippen molar-refractivity contribution in [2.24, 2.45) is 4.99 Å². The number of carbonyl (C=O) groups excluding carboxylic acids is 2. The van der Waals surface area contributed by atoms with E-state index in [0.717, 1.165) is 5.56 Å². The molecule has 0 bridgehead atoms. The van der Waals surface area contributed by atoms with Gasteiger partial charge in [0, 0.05) is 6.42 Å². The molecule has 6 nitrogen and oxygen atoms in total. The Morgan fingerprint density at radius 3 is 2.58 bits per heavy atom. The van der Waals surface area contributed by atoms with Crippen LogP contribution in [0, 0.1) is 0 Å². The van der Waals surface area contributed by atoms with E-state index in [1.54, 1.807) is 0 Å². The van der Waals surface area contributed by atoms with Crippen molar-refractivity contribution in [1.82, 2.24) is 0 Å². The molecule has 1 aromatic rings. The number of aliphatic carboxylic acids is 1. The third kappa shape index (κ3) is 5.61. The Hall–Kier alpha value is -2.46. The second kappa shape index (κ2) is 7.79. The molecule has 0 aliphatic rings. The van der Waals surface area contributed by atoms with Gasteiger partial charge in [-0.15, -0.1) is 0 Å². The Morgan fingerprint density at radius 2 is 2.00 bits per heavy atom. The molecule has 1 rings (SSSR count). The van der Waals surface area contributed by atoms with Crippen molar-refractivity contribution in [3.8, 4) is 0 Å². The smallest absolute Gasteiger partial charge is 0.329 e. The predicted octanol–water partition coefficient (Wildman–Crippen LogP) is 1.30. The summed E-state index contributed by atoms with van der Waals surface area (Å²) < 4.78 is 4.96. The quantitative estimate of drug-likeness (QED) is 0.454. The SMILES string of the molecule is O=C=N[C@@H](CCC(=O)OCc1ccccc1)C(=O)O. The maximum absolute atomic E-state index is 11.4. The summed E-state index contributed by atoms with van der Waals surface area (Å²) in [7, 11) is 0. The zero-order chi connectivity index (χ0) is 14.1. The van der Waals surface area contributed by atoms with E-state index < -0.39 is 18.0 Å². The van der Waals surface area contributed by atoms with Crippen LogP contribution in [0.3, 0.4) is 0 Å². The highest BCUT2D eigenvalue weighted by atomic mass is 16.5. The molecule has 0 saturated heterocycles. The summed E-state index contributed by atoms with van der Waals surface area (Å²) in [6, 6.07) is 7.86. The summed E-state index contributed by atoms with van der Waals surface area (Å²) >= 11 is 0. The Bertz CT molecular complexity index is 477. The van der Waals surface area contributed by atoms with Crippen molar-refractivity contribution in [1.29, 1.82) is 0 Å². The molecule has 0 amide bonds. The number of hydrogen-bond acceptors (Lipinski definition) is 5. The summed E-state index contributed by atoms with van der Waals surface area (Å²) in [5, 5.41) is 8.70. The molecule has 1 aromatic carbocycles. The summed E-state index contributed by atoms with van der Waals surface area (Å²) in [5.74, 6) is -1.80. The number of esters is 1. The van der Waals surface area contributed by atoms with Crippen molar-refractivity contribution in [2.45, 2.75) is 25.5 Å². The maximum Gasteiger partial charge on any atom is 0.329 e. The van der Waals surface area contributed by atoms with Gasteiger partial charge < -0.3 is 9.84 Å². The second-order valence-electron chi connectivity index (χ2n) is 3.76. The third-order valence-electron chi connectivity index (χ3n) is 2.36. The minimum atomic E-state index is -1.26. The maximum atomic E-state index is 11.4. The van der Waals surface area contributed by atoms with E-state index in [2.05, 4.69) is 4.99 Å². The first kappa shape index (κ1) is 14.6. The zero-order valence-corrected chi connectivity index (χ0v) is 10.1. The molecule has 6 heteroatoms. The Balaban J connectivity index is 2.35. The molecule has 0 aliphatic heterocycles. The van der Waals surface area contributed by atoms with Crippen LogP contribution in [0.4, 0.5) is 0 Å². The number of carbonyl (C=O) groups is 2. The van der Waals surface area contributed by atoms with Crippen LogP contribution in [0.15, 0.2) is 35.3 Å². The second-order valence-corrected chi connectivity index (χ2v) is 3.76. The number of nitrogens with zero attached hydrogens (tertiary/aromatic N) is 1. The van der Waals surface area contributed by atoms with Gasteiger partial charge >= 0.3 is 11.9 Å². The average molecular weight is 263 g/mol. The van der Waals surface area contributed by atoms with Gasteiger partial charge in [0.15, 0.2) is 6.04 Å². The Morgan fingerprint density at radius 1 is 1.32 bits per heavy atom. The van der Waals surface area contributed by atoms with E-state index in [1.807, 2.05) is 30.3 Å². The molecule has 0 aliphatic carbocycles. The minimum Gasteiger partial charge on any atom is -0.480 e. The lowest BCUT2D eigenvalue weighted by Gasteiger charge is -2.06. The molecule has 0 unspecified atom stereocenters. The summed E-state index contributed by atoms with van der Waals surface area (Å²) in [4.78, 5) is 35.2. The standard InChI is InChI=1S/C13H13NO5/c15-9-14-11(13(17)18)6-7-12(16)19-8-10-4-2-1-3-5-10/h1-5,11H,6-8H2,(H,17,18)/t11-/m0/s1.